The van der Waals surface area contributed by atoms with Crippen LogP contribution < -0.4 is 5.56 Å². The molecule has 0 spiro atoms. The lowest BCUT2D eigenvalue weighted by molar-refractivity contribution is -0.129. The third-order valence-electron chi connectivity index (χ3n) is 7.05. The lowest BCUT2D eigenvalue weighted by atomic mass is 9.92. The molecule has 2 fully saturated rings. The number of carbonyl (C=O) groups excluding carboxylic acids is 1. The van der Waals surface area contributed by atoms with Crippen LogP contribution >= 0.6 is 11.3 Å². The third-order valence-corrected chi connectivity index (χ3v) is 7.92. The Bertz CT molecular complexity index is 949. The van der Waals surface area contributed by atoms with Crippen molar-refractivity contribution in [3.63, 3.8) is 0 Å². The Balaban J connectivity index is 1.28. The minimum Gasteiger partial charge on any atom is -0.342 e. The van der Waals surface area contributed by atoms with Gasteiger partial charge >= 0.3 is 0 Å². The molecule has 6 nitrogen and oxygen atoms in total. The van der Waals surface area contributed by atoms with Gasteiger partial charge in [0.1, 0.15) is 5.82 Å². The third kappa shape index (κ3) is 4.10. The fraction of sp³-hybridized carbons (Fsp3) is 0.609. The van der Waals surface area contributed by atoms with Crippen molar-refractivity contribution in [2.75, 3.05) is 19.6 Å². The van der Waals surface area contributed by atoms with Gasteiger partial charge in [-0.05, 0) is 37.1 Å². The summed E-state index contributed by atoms with van der Waals surface area (Å²) in [5, 5.41) is 2.01. The largest absolute Gasteiger partial charge is 0.342 e. The molecule has 4 heterocycles. The number of nitrogens with one attached hydrogen (secondary N) is 1. The summed E-state index contributed by atoms with van der Waals surface area (Å²) in [5.41, 5.74) is 1.87. The minimum atomic E-state index is 0.0293. The first-order valence-electron chi connectivity index (χ1n) is 11.3. The topological polar surface area (TPSA) is 69.3 Å². The van der Waals surface area contributed by atoms with Crippen LogP contribution in [0.25, 0.3) is 0 Å². The monoisotopic (exact) mass is 426 g/mol. The first kappa shape index (κ1) is 19.9. The fourth-order valence-corrected chi connectivity index (χ4v) is 6.01. The van der Waals surface area contributed by atoms with Crippen molar-refractivity contribution in [3.05, 3.63) is 49.8 Å². The Morgan fingerprint density at radius 2 is 2.07 bits per heavy atom. The highest BCUT2D eigenvalue weighted by Crippen LogP contribution is 2.29. The number of carbonyl (C=O) groups is 1. The smallest absolute Gasteiger partial charge is 0.254 e. The van der Waals surface area contributed by atoms with Crippen molar-refractivity contribution in [2.45, 2.75) is 69.9 Å². The van der Waals surface area contributed by atoms with Crippen molar-refractivity contribution in [2.24, 2.45) is 0 Å². The molecule has 5 rings (SSSR count). The van der Waals surface area contributed by atoms with Crippen molar-refractivity contribution in [3.8, 4) is 0 Å². The van der Waals surface area contributed by atoms with E-state index in [0.717, 1.165) is 54.4 Å². The summed E-state index contributed by atoms with van der Waals surface area (Å²) < 4.78 is 0. The van der Waals surface area contributed by atoms with Crippen LogP contribution in [0.4, 0.5) is 0 Å². The van der Waals surface area contributed by atoms with Crippen LogP contribution in [0.1, 0.15) is 66.4 Å². The van der Waals surface area contributed by atoms with Crippen LogP contribution in [-0.4, -0.2) is 51.4 Å². The molecule has 0 aromatic carbocycles. The van der Waals surface area contributed by atoms with E-state index < -0.39 is 0 Å². The molecular formula is C23H30N4O2S. The van der Waals surface area contributed by atoms with E-state index in [1.54, 1.807) is 11.3 Å². The fourth-order valence-electron chi connectivity index (χ4n) is 5.31. The molecule has 0 bridgehead atoms. The Labute approximate surface area is 181 Å². The van der Waals surface area contributed by atoms with E-state index in [2.05, 4.69) is 9.88 Å². The van der Waals surface area contributed by atoms with Gasteiger partial charge in [0.2, 0.25) is 5.91 Å². The van der Waals surface area contributed by atoms with Crippen molar-refractivity contribution < 1.29 is 4.79 Å². The molecule has 1 atom stereocenters. The van der Waals surface area contributed by atoms with E-state index in [1.807, 2.05) is 22.4 Å². The number of hydrogen-bond acceptors (Lipinski definition) is 5. The number of nitrogens with zero attached hydrogens (tertiary/aromatic N) is 3. The average Bonchev–Trinajstić information content (AvgIpc) is 3.46. The molecular weight excluding hydrogens is 396 g/mol. The van der Waals surface area contributed by atoms with Gasteiger partial charge in [-0.1, -0.05) is 25.3 Å². The molecule has 2 aliphatic heterocycles. The highest BCUT2D eigenvalue weighted by Gasteiger charge is 2.32. The number of hydrogen-bond donors (Lipinski definition) is 1. The highest BCUT2D eigenvalue weighted by molar-refractivity contribution is 7.10. The first-order chi connectivity index (χ1) is 14.7. The van der Waals surface area contributed by atoms with Crippen LogP contribution in [0.2, 0.25) is 0 Å². The lowest BCUT2D eigenvalue weighted by Gasteiger charge is -2.37. The van der Waals surface area contributed by atoms with Gasteiger partial charge < -0.3 is 9.88 Å². The standard InChI is InChI=1S/C23H30N4O2S/c28-21(13-18-7-4-12-30-18)27-10-8-16(14-27)22-24-20-15-26(17-5-2-1-3-6-17)11-9-19(20)23(29)25-22/h4,7,12,16-17H,1-3,5-6,8-11,13-15H2,(H,24,25,29). The average molecular weight is 427 g/mol. The maximum Gasteiger partial charge on any atom is 0.254 e. The minimum absolute atomic E-state index is 0.0293. The predicted octanol–water partition coefficient (Wildman–Crippen LogP) is 3.08. The zero-order valence-corrected chi connectivity index (χ0v) is 18.3. The molecule has 160 valence electrons. The number of aromatic nitrogens is 2. The molecule has 1 N–H and O–H groups in total. The molecule has 0 radical (unpaired) electrons. The lowest BCUT2D eigenvalue weighted by Crippen LogP contribution is -2.42. The summed E-state index contributed by atoms with van der Waals surface area (Å²) in [7, 11) is 0. The van der Waals surface area contributed by atoms with E-state index in [1.165, 1.54) is 32.1 Å². The molecule has 2 aromatic rings. The van der Waals surface area contributed by atoms with E-state index >= 15 is 0 Å². The van der Waals surface area contributed by atoms with Gasteiger partial charge in [0.25, 0.3) is 5.56 Å². The van der Waals surface area contributed by atoms with Crippen LogP contribution in [0.3, 0.4) is 0 Å². The van der Waals surface area contributed by atoms with Crippen LogP contribution in [0.15, 0.2) is 22.3 Å². The molecule has 1 saturated heterocycles. The second kappa shape index (κ2) is 8.63. The van der Waals surface area contributed by atoms with Gasteiger partial charge in [-0.2, -0.15) is 0 Å². The first-order valence-corrected chi connectivity index (χ1v) is 12.2. The number of H-pyrrole nitrogens is 1. The van der Waals surface area contributed by atoms with Gasteiger partial charge in [-0.25, -0.2) is 4.98 Å². The summed E-state index contributed by atoms with van der Waals surface area (Å²) in [5.74, 6) is 1.07. The van der Waals surface area contributed by atoms with Crippen molar-refractivity contribution in [1.82, 2.24) is 19.8 Å². The SMILES string of the molecule is O=C(Cc1cccs1)N1CCC(c2nc3c(c(=O)[nH]2)CCN(C2CCCCC2)C3)C1. The second-order valence-corrected chi connectivity index (χ2v) is 10.0. The molecule has 1 unspecified atom stereocenters. The van der Waals surface area contributed by atoms with E-state index in [4.69, 9.17) is 4.98 Å². The molecule has 7 heteroatoms. The van der Waals surface area contributed by atoms with Gasteiger partial charge in [-0.15, -0.1) is 11.3 Å². The van der Waals surface area contributed by atoms with E-state index in [-0.39, 0.29) is 17.4 Å². The zero-order valence-electron chi connectivity index (χ0n) is 17.4. The molecule has 1 amide bonds. The number of aromatic amines is 1. The van der Waals surface area contributed by atoms with Gasteiger partial charge in [0, 0.05) is 48.6 Å². The summed E-state index contributed by atoms with van der Waals surface area (Å²) in [6.07, 6.45) is 8.67. The van der Waals surface area contributed by atoms with Crippen LogP contribution in [-0.2, 0) is 24.2 Å². The Hall–Kier alpha value is -1.99. The number of fused-ring (bicyclic) bond motifs is 1. The van der Waals surface area contributed by atoms with Crippen LogP contribution in [0.5, 0.6) is 0 Å². The zero-order chi connectivity index (χ0) is 20.5. The number of amides is 1. The van der Waals surface area contributed by atoms with Gasteiger partial charge in [0.05, 0.1) is 12.1 Å². The normalized spacial score (nSPS) is 22.9. The van der Waals surface area contributed by atoms with E-state index in [0.29, 0.717) is 19.0 Å². The molecule has 1 aliphatic carbocycles. The van der Waals surface area contributed by atoms with Crippen molar-refractivity contribution in [1.29, 1.82) is 0 Å². The number of thiophene rings is 1. The van der Waals surface area contributed by atoms with Gasteiger partial charge in [-0.3, -0.25) is 14.5 Å². The maximum absolute atomic E-state index is 12.8. The van der Waals surface area contributed by atoms with Crippen LogP contribution in [0, 0.1) is 0 Å². The predicted molar refractivity (Wildman–Crippen MR) is 118 cm³/mol. The summed E-state index contributed by atoms with van der Waals surface area (Å²) in [6, 6.07) is 4.64. The Morgan fingerprint density at radius 3 is 2.87 bits per heavy atom. The quantitative estimate of drug-likeness (QED) is 0.816. The molecule has 30 heavy (non-hydrogen) atoms. The summed E-state index contributed by atoms with van der Waals surface area (Å²) in [4.78, 5) is 39.0. The summed E-state index contributed by atoms with van der Waals surface area (Å²) in [6.45, 7) is 3.16. The Kier molecular flexibility index (Phi) is 5.74. The Morgan fingerprint density at radius 1 is 1.20 bits per heavy atom. The highest BCUT2D eigenvalue weighted by atomic mass is 32.1. The van der Waals surface area contributed by atoms with E-state index in [9.17, 15) is 9.59 Å². The number of likely N-dealkylation sites (tertiary alicyclic amines) is 1. The summed E-state index contributed by atoms with van der Waals surface area (Å²) >= 11 is 1.62. The maximum atomic E-state index is 12.8. The number of rotatable bonds is 4. The van der Waals surface area contributed by atoms with Crippen molar-refractivity contribution >= 4 is 17.2 Å². The molecule has 3 aliphatic rings. The van der Waals surface area contributed by atoms with Gasteiger partial charge in [0.15, 0.2) is 0 Å². The molecule has 1 saturated carbocycles. The molecule has 2 aromatic heterocycles. The second-order valence-electron chi connectivity index (χ2n) is 8.97.